The molecule has 1 aromatic rings. The second-order valence-corrected chi connectivity index (χ2v) is 6.44. The molecule has 2 aliphatic rings. The second-order valence-electron chi connectivity index (χ2n) is 6.44. The third kappa shape index (κ3) is 3.14. The van der Waals surface area contributed by atoms with Crippen molar-refractivity contribution in [3.05, 3.63) is 47.7 Å². The third-order valence-corrected chi connectivity index (χ3v) is 4.75. The van der Waals surface area contributed by atoms with Crippen LogP contribution in [0.15, 0.2) is 42.2 Å². The first-order chi connectivity index (χ1) is 12.5. The summed E-state index contributed by atoms with van der Waals surface area (Å²) >= 11 is 0. The molecule has 0 saturated heterocycles. The summed E-state index contributed by atoms with van der Waals surface area (Å²) in [6.45, 7) is 5.71. The Balaban J connectivity index is 1.92. The molecule has 1 N–H and O–H groups in total. The maximum atomic E-state index is 12.4. The minimum absolute atomic E-state index is 0.0228. The number of amides is 1. The fourth-order valence-corrected chi connectivity index (χ4v) is 3.42. The van der Waals surface area contributed by atoms with Gasteiger partial charge in [0.05, 0.1) is 11.3 Å². The van der Waals surface area contributed by atoms with E-state index in [1.54, 1.807) is 30.0 Å². The summed E-state index contributed by atoms with van der Waals surface area (Å²) in [6.07, 6.45) is 2.20. The average molecular weight is 355 g/mol. The molecule has 1 amide bonds. The molecule has 6 heteroatoms. The van der Waals surface area contributed by atoms with Gasteiger partial charge in [-0.2, -0.15) is 0 Å². The number of carbonyl (C=O) groups excluding carboxylic acids is 3. The molecule has 0 unspecified atom stereocenters. The minimum atomic E-state index is -0.335. The maximum absolute atomic E-state index is 12.4. The fourth-order valence-electron chi connectivity index (χ4n) is 3.42. The van der Waals surface area contributed by atoms with Crippen LogP contribution in [-0.2, 0) is 14.4 Å². The Labute approximate surface area is 151 Å². The van der Waals surface area contributed by atoms with Crippen LogP contribution in [0.5, 0.6) is 5.75 Å². The van der Waals surface area contributed by atoms with Crippen molar-refractivity contribution in [3.63, 3.8) is 0 Å². The van der Waals surface area contributed by atoms with Crippen LogP contribution < -0.4 is 9.64 Å². The topological polar surface area (TPSA) is 83.9 Å². The van der Waals surface area contributed by atoms with Crippen LogP contribution in [-0.4, -0.2) is 35.7 Å². The van der Waals surface area contributed by atoms with Crippen molar-refractivity contribution in [3.8, 4) is 5.75 Å². The van der Waals surface area contributed by atoms with Crippen molar-refractivity contribution >= 4 is 23.2 Å². The number of nitrogens with zero attached hydrogens (tertiary/aromatic N) is 1. The Bertz CT molecular complexity index is 803. The number of carbonyl (C=O) groups is 3. The number of allylic oxidation sites excluding steroid dienone is 2. The van der Waals surface area contributed by atoms with E-state index >= 15 is 0 Å². The van der Waals surface area contributed by atoms with Crippen LogP contribution in [0.4, 0.5) is 5.69 Å². The Morgan fingerprint density at radius 2 is 2.00 bits per heavy atom. The molecule has 1 aliphatic heterocycles. The number of ketones is 2. The summed E-state index contributed by atoms with van der Waals surface area (Å²) in [7, 11) is 0. The number of fused-ring (bicyclic) bond motifs is 1. The highest BCUT2D eigenvalue weighted by Gasteiger charge is 2.34. The highest BCUT2D eigenvalue weighted by Crippen LogP contribution is 2.39. The van der Waals surface area contributed by atoms with Crippen molar-refractivity contribution < 1.29 is 24.2 Å². The number of hydrogen-bond acceptors (Lipinski definition) is 5. The van der Waals surface area contributed by atoms with Gasteiger partial charge in [-0.3, -0.25) is 14.4 Å². The standard InChI is InChI=1S/C20H21NO5/c1-3-7-21-14-8-12(5-6-18(14)26-11-19(21)25)13-9-16(23)20(15(22)4-2)17(24)10-13/h3,5-6,8,13,22H,1,4,7,9-11H2,2H3. The van der Waals surface area contributed by atoms with E-state index in [0.717, 1.165) is 5.56 Å². The summed E-state index contributed by atoms with van der Waals surface area (Å²) in [5.74, 6) is -0.662. The number of benzene rings is 1. The zero-order valence-electron chi connectivity index (χ0n) is 14.7. The van der Waals surface area contributed by atoms with E-state index in [-0.39, 0.29) is 60.6 Å². The minimum Gasteiger partial charge on any atom is -0.511 e. The van der Waals surface area contributed by atoms with E-state index in [2.05, 4.69) is 6.58 Å². The van der Waals surface area contributed by atoms with Gasteiger partial charge in [-0.1, -0.05) is 19.1 Å². The van der Waals surface area contributed by atoms with Crippen molar-refractivity contribution in [1.82, 2.24) is 0 Å². The summed E-state index contributed by atoms with van der Waals surface area (Å²) in [6, 6.07) is 5.38. The Morgan fingerprint density at radius 1 is 1.31 bits per heavy atom. The van der Waals surface area contributed by atoms with E-state index in [4.69, 9.17) is 4.74 Å². The van der Waals surface area contributed by atoms with Gasteiger partial charge in [0, 0.05) is 25.8 Å². The molecule has 1 saturated carbocycles. The van der Waals surface area contributed by atoms with Gasteiger partial charge >= 0.3 is 0 Å². The second kappa shape index (κ2) is 7.15. The van der Waals surface area contributed by atoms with Gasteiger partial charge in [-0.15, -0.1) is 6.58 Å². The molecule has 0 bridgehead atoms. The van der Waals surface area contributed by atoms with Crippen molar-refractivity contribution in [2.45, 2.75) is 32.1 Å². The van der Waals surface area contributed by atoms with Gasteiger partial charge in [-0.25, -0.2) is 0 Å². The lowest BCUT2D eigenvalue weighted by Gasteiger charge is -2.30. The Morgan fingerprint density at radius 3 is 2.62 bits per heavy atom. The number of Topliss-reactive ketones (excluding diaryl/α,β-unsaturated/α-hetero) is 2. The molecule has 1 aliphatic carbocycles. The Kier molecular flexibility index (Phi) is 4.93. The molecule has 3 rings (SSSR count). The fraction of sp³-hybridized carbons (Fsp3) is 0.350. The lowest BCUT2D eigenvalue weighted by Crippen LogP contribution is -2.39. The lowest BCUT2D eigenvalue weighted by molar-refractivity contribution is -0.125. The van der Waals surface area contributed by atoms with Gasteiger partial charge in [-0.05, 0) is 23.6 Å². The number of hydrogen-bond donors (Lipinski definition) is 1. The summed E-state index contributed by atoms with van der Waals surface area (Å²) < 4.78 is 5.46. The first kappa shape index (κ1) is 17.9. The quantitative estimate of drug-likeness (QED) is 0.389. The van der Waals surface area contributed by atoms with E-state index < -0.39 is 0 Å². The lowest BCUT2D eigenvalue weighted by atomic mass is 9.79. The molecular formula is C20H21NO5. The number of anilines is 1. The normalized spacial score (nSPS) is 19.9. The van der Waals surface area contributed by atoms with Crippen LogP contribution in [0.3, 0.4) is 0 Å². The van der Waals surface area contributed by atoms with Crippen molar-refractivity contribution in [2.75, 3.05) is 18.1 Å². The smallest absolute Gasteiger partial charge is 0.265 e. The first-order valence-electron chi connectivity index (χ1n) is 8.62. The predicted molar refractivity (Wildman–Crippen MR) is 96.4 cm³/mol. The van der Waals surface area contributed by atoms with Gasteiger partial charge in [0.2, 0.25) is 0 Å². The average Bonchev–Trinajstić information content (AvgIpc) is 2.63. The van der Waals surface area contributed by atoms with Gasteiger partial charge in [0.1, 0.15) is 11.5 Å². The van der Waals surface area contributed by atoms with Crippen molar-refractivity contribution in [1.29, 1.82) is 0 Å². The van der Waals surface area contributed by atoms with Gasteiger partial charge in [0.25, 0.3) is 5.91 Å². The van der Waals surface area contributed by atoms with E-state index in [9.17, 15) is 19.5 Å². The molecular weight excluding hydrogens is 334 g/mol. The molecule has 1 fully saturated rings. The van der Waals surface area contributed by atoms with Crippen LogP contribution in [0, 0.1) is 0 Å². The van der Waals surface area contributed by atoms with E-state index in [1.807, 2.05) is 6.07 Å². The van der Waals surface area contributed by atoms with Crippen LogP contribution in [0.1, 0.15) is 37.7 Å². The summed E-state index contributed by atoms with van der Waals surface area (Å²) in [5.41, 5.74) is 1.36. The van der Waals surface area contributed by atoms with Crippen LogP contribution in [0.2, 0.25) is 0 Å². The number of ether oxygens (including phenoxy) is 1. The first-order valence-corrected chi connectivity index (χ1v) is 8.62. The van der Waals surface area contributed by atoms with Gasteiger partial charge < -0.3 is 14.7 Å². The van der Waals surface area contributed by atoms with E-state index in [1.165, 1.54) is 0 Å². The zero-order chi connectivity index (χ0) is 18.8. The highest BCUT2D eigenvalue weighted by molar-refractivity contribution is 6.22. The van der Waals surface area contributed by atoms with E-state index in [0.29, 0.717) is 18.0 Å². The number of rotatable bonds is 4. The monoisotopic (exact) mass is 355 g/mol. The number of aliphatic hydroxyl groups excluding tert-OH is 1. The summed E-state index contributed by atoms with van der Waals surface area (Å²) in [5, 5.41) is 9.83. The Hall–Kier alpha value is -2.89. The maximum Gasteiger partial charge on any atom is 0.265 e. The molecule has 1 aromatic carbocycles. The molecule has 136 valence electrons. The SMILES string of the molecule is C=CCN1C(=O)COc2ccc(C3CC(=O)C(=C(O)CC)C(=O)C3)cc21. The summed E-state index contributed by atoms with van der Waals surface area (Å²) in [4.78, 5) is 38.4. The molecule has 0 atom stereocenters. The molecule has 0 radical (unpaired) electrons. The molecule has 26 heavy (non-hydrogen) atoms. The van der Waals surface area contributed by atoms with Crippen LogP contribution >= 0.6 is 0 Å². The predicted octanol–water partition coefficient (Wildman–Crippen LogP) is 2.84. The molecule has 0 aromatic heterocycles. The number of aliphatic hydroxyl groups is 1. The highest BCUT2D eigenvalue weighted by atomic mass is 16.5. The molecule has 1 heterocycles. The van der Waals surface area contributed by atoms with Crippen LogP contribution in [0.25, 0.3) is 0 Å². The molecule has 0 spiro atoms. The van der Waals surface area contributed by atoms with Gasteiger partial charge in [0.15, 0.2) is 18.2 Å². The molecule has 6 nitrogen and oxygen atoms in total. The zero-order valence-corrected chi connectivity index (χ0v) is 14.7. The largest absolute Gasteiger partial charge is 0.511 e. The van der Waals surface area contributed by atoms with Crippen molar-refractivity contribution in [2.24, 2.45) is 0 Å². The third-order valence-electron chi connectivity index (χ3n) is 4.75.